The smallest absolute Gasteiger partial charge is 0.255 e. The normalized spacial score (nSPS) is 17.4. The summed E-state index contributed by atoms with van der Waals surface area (Å²) in [5, 5.41) is 7.17. The van der Waals surface area contributed by atoms with Crippen molar-refractivity contribution in [2.75, 3.05) is 19.7 Å². The molecule has 0 aliphatic carbocycles. The highest BCUT2D eigenvalue weighted by Crippen LogP contribution is 2.13. The predicted molar refractivity (Wildman–Crippen MR) is 96.6 cm³/mol. The van der Waals surface area contributed by atoms with Crippen LogP contribution in [-0.4, -0.2) is 52.3 Å². The van der Waals surface area contributed by atoms with Crippen molar-refractivity contribution in [1.82, 2.24) is 20.0 Å². The van der Waals surface area contributed by atoms with Crippen LogP contribution < -0.4 is 5.32 Å². The molecule has 0 radical (unpaired) electrons. The number of nitrogens with zero attached hydrogens (tertiary/aromatic N) is 3. The number of amides is 2. The Bertz CT molecular complexity index is 801. The number of aromatic nitrogens is 2. The molecule has 26 heavy (non-hydrogen) atoms. The molecule has 138 valence electrons. The van der Waals surface area contributed by atoms with Gasteiger partial charge < -0.3 is 15.0 Å². The molecule has 1 aromatic heterocycles. The van der Waals surface area contributed by atoms with E-state index in [4.69, 9.17) is 4.74 Å². The molecule has 3 rings (SSSR count). The first-order chi connectivity index (χ1) is 12.5. The molecule has 7 heteroatoms. The molecule has 0 spiro atoms. The Morgan fingerprint density at radius 2 is 2.04 bits per heavy atom. The quantitative estimate of drug-likeness (QED) is 0.873. The number of hydrogen-bond donors (Lipinski definition) is 1. The van der Waals surface area contributed by atoms with Crippen molar-refractivity contribution in [3.63, 3.8) is 0 Å². The number of nitrogens with one attached hydrogen (secondary N) is 1. The standard InChI is InChI=1S/C19H24N4O3/c1-13-18(14(2)22(3)21-13)19(25)20-9-16-11-23(17(24)12-26-16)10-15-7-5-4-6-8-15/h4-8,16H,9-12H2,1-3H3,(H,20,25). The Morgan fingerprint density at radius 3 is 2.69 bits per heavy atom. The van der Waals surface area contributed by atoms with E-state index in [9.17, 15) is 9.59 Å². The van der Waals surface area contributed by atoms with Gasteiger partial charge in [-0.05, 0) is 19.4 Å². The zero-order chi connectivity index (χ0) is 18.7. The lowest BCUT2D eigenvalue weighted by atomic mass is 10.1. The summed E-state index contributed by atoms with van der Waals surface area (Å²) in [5.41, 5.74) is 3.20. The Labute approximate surface area is 152 Å². The summed E-state index contributed by atoms with van der Waals surface area (Å²) in [6.07, 6.45) is -0.224. The summed E-state index contributed by atoms with van der Waals surface area (Å²) < 4.78 is 7.28. The van der Waals surface area contributed by atoms with Crippen molar-refractivity contribution in [3.05, 3.63) is 52.8 Å². The minimum absolute atomic E-state index is 0.0321. The minimum atomic E-state index is -0.224. The van der Waals surface area contributed by atoms with Crippen LogP contribution in [0.2, 0.25) is 0 Å². The molecule has 1 fully saturated rings. The minimum Gasteiger partial charge on any atom is -0.365 e. The number of benzene rings is 1. The fraction of sp³-hybridized carbons (Fsp3) is 0.421. The lowest BCUT2D eigenvalue weighted by molar-refractivity contribution is -0.149. The van der Waals surface area contributed by atoms with E-state index in [0.717, 1.165) is 11.3 Å². The van der Waals surface area contributed by atoms with Crippen molar-refractivity contribution in [1.29, 1.82) is 0 Å². The van der Waals surface area contributed by atoms with E-state index in [2.05, 4.69) is 10.4 Å². The Balaban J connectivity index is 1.58. The van der Waals surface area contributed by atoms with Crippen molar-refractivity contribution < 1.29 is 14.3 Å². The third-order valence-electron chi connectivity index (χ3n) is 4.66. The van der Waals surface area contributed by atoms with Crippen LogP contribution in [0.3, 0.4) is 0 Å². The molecule has 0 saturated carbocycles. The van der Waals surface area contributed by atoms with E-state index in [1.54, 1.807) is 9.58 Å². The van der Waals surface area contributed by atoms with Crippen LogP contribution in [0.4, 0.5) is 0 Å². The van der Waals surface area contributed by atoms with Crippen molar-refractivity contribution in [2.24, 2.45) is 7.05 Å². The number of morpholine rings is 1. The van der Waals surface area contributed by atoms with Gasteiger partial charge in [0.05, 0.1) is 17.4 Å². The van der Waals surface area contributed by atoms with Crippen LogP contribution in [0.1, 0.15) is 27.3 Å². The van der Waals surface area contributed by atoms with E-state index < -0.39 is 0 Å². The Kier molecular flexibility index (Phi) is 5.37. The average molecular weight is 356 g/mol. The van der Waals surface area contributed by atoms with E-state index in [1.807, 2.05) is 51.2 Å². The number of carbonyl (C=O) groups is 2. The number of ether oxygens (including phenoxy) is 1. The third-order valence-corrected chi connectivity index (χ3v) is 4.66. The SMILES string of the molecule is Cc1nn(C)c(C)c1C(=O)NCC1CN(Cc2ccccc2)C(=O)CO1. The summed E-state index contributed by atoms with van der Waals surface area (Å²) in [5.74, 6) is -0.196. The predicted octanol–water partition coefficient (Wildman–Crippen LogP) is 1.19. The van der Waals surface area contributed by atoms with Crippen LogP contribution in [-0.2, 0) is 23.1 Å². The second-order valence-electron chi connectivity index (χ2n) is 6.57. The largest absolute Gasteiger partial charge is 0.365 e. The fourth-order valence-corrected chi connectivity index (χ4v) is 3.16. The lowest BCUT2D eigenvalue weighted by Crippen LogP contribution is -2.50. The molecule has 1 N–H and O–H groups in total. The maximum absolute atomic E-state index is 12.5. The maximum Gasteiger partial charge on any atom is 0.255 e. The molecule has 2 aromatic rings. The molecular formula is C19H24N4O3. The van der Waals surface area contributed by atoms with Gasteiger partial charge in [-0.3, -0.25) is 14.3 Å². The maximum atomic E-state index is 12.5. The Morgan fingerprint density at radius 1 is 1.31 bits per heavy atom. The highest BCUT2D eigenvalue weighted by Gasteiger charge is 2.27. The third kappa shape index (κ3) is 3.94. The first-order valence-corrected chi connectivity index (χ1v) is 8.67. The van der Waals surface area contributed by atoms with E-state index in [-0.39, 0.29) is 24.5 Å². The van der Waals surface area contributed by atoms with Crippen LogP contribution in [0.5, 0.6) is 0 Å². The summed E-state index contributed by atoms with van der Waals surface area (Å²) in [4.78, 5) is 26.4. The van der Waals surface area contributed by atoms with Gasteiger partial charge in [0.1, 0.15) is 6.61 Å². The van der Waals surface area contributed by atoms with Gasteiger partial charge in [-0.25, -0.2) is 0 Å². The average Bonchev–Trinajstić information content (AvgIpc) is 2.88. The van der Waals surface area contributed by atoms with E-state index >= 15 is 0 Å². The van der Waals surface area contributed by atoms with Crippen molar-refractivity contribution in [3.8, 4) is 0 Å². The summed E-state index contributed by atoms with van der Waals surface area (Å²) in [7, 11) is 1.82. The van der Waals surface area contributed by atoms with Gasteiger partial charge in [-0.2, -0.15) is 5.10 Å². The van der Waals surface area contributed by atoms with Crippen LogP contribution >= 0.6 is 0 Å². The van der Waals surface area contributed by atoms with Gasteiger partial charge in [0.2, 0.25) is 5.91 Å². The van der Waals surface area contributed by atoms with E-state index in [0.29, 0.717) is 30.9 Å². The van der Waals surface area contributed by atoms with Crippen LogP contribution in [0.25, 0.3) is 0 Å². The molecule has 2 amide bonds. The zero-order valence-corrected chi connectivity index (χ0v) is 15.4. The summed E-state index contributed by atoms with van der Waals surface area (Å²) in [6.45, 7) is 5.09. The summed E-state index contributed by atoms with van der Waals surface area (Å²) in [6, 6.07) is 9.85. The van der Waals surface area contributed by atoms with Crippen molar-refractivity contribution >= 4 is 11.8 Å². The van der Waals surface area contributed by atoms with E-state index in [1.165, 1.54) is 0 Å². The highest BCUT2D eigenvalue weighted by molar-refractivity contribution is 5.96. The lowest BCUT2D eigenvalue weighted by Gasteiger charge is -2.33. The molecule has 1 unspecified atom stereocenters. The molecule has 7 nitrogen and oxygen atoms in total. The zero-order valence-electron chi connectivity index (χ0n) is 15.4. The van der Waals surface area contributed by atoms with Gasteiger partial charge in [0.25, 0.3) is 5.91 Å². The van der Waals surface area contributed by atoms with Gasteiger partial charge in [0.15, 0.2) is 0 Å². The van der Waals surface area contributed by atoms with Crippen LogP contribution in [0, 0.1) is 13.8 Å². The van der Waals surface area contributed by atoms with Gasteiger partial charge in [-0.15, -0.1) is 0 Å². The molecule has 1 aliphatic heterocycles. The highest BCUT2D eigenvalue weighted by atomic mass is 16.5. The number of hydrogen-bond acceptors (Lipinski definition) is 4. The topological polar surface area (TPSA) is 76.5 Å². The molecular weight excluding hydrogens is 332 g/mol. The van der Waals surface area contributed by atoms with Crippen molar-refractivity contribution in [2.45, 2.75) is 26.5 Å². The second-order valence-corrected chi connectivity index (χ2v) is 6.57. The van der Waals surface area contributed by atoms with Gasteiger partial charge in [-0.1, -0.05) is 30.3 Å². The monoisotopic (exact) mass is 356 g/mol. The molecule has 1 saturated heterocycles. The number of aryl methyl sites for hydroxylation is 2. The number of carbonyl (C=O) groups excluding carboxylic acids is 2. The molecule has 1 aliphatic rings. The fourth-order valence-electron chi connectivity index (χ4n) is 3.16. The molecule has 0 bridgehead atoms. The molecule has 1 aromatic carbocycles. The first-order valence-electron chi connectivity index (χ1n) is 8.67. The number of rotatable bonds is 5. The first kappa shape index (κ1) is 18.1. The summed E-state index contributed by atoms with van der Waals surface area (Å²) >= 11 is 0. The second kappa shape index (κ2) is 7.70. The molecule has 2 heterocycles. The Hall–Kier alpha value is -2.67. The van der Waals surface area contributed by atoms with Gasteiger partial charge in [0, 0.05) is 32.4 Å². The molecule has 1 atom stereocenters. The van der Waals surface area contributed by atoms with Gasteiger partial charge >= 0.3 is 0 Å². The van der Waals surface area contributed by atoms with Crippen LogP contribution in [0.15, 0.2) is 30.3 Å².